The van der Waals surface area contributed by atoms with E-state index in [1.54, 1.807) is 12.1 Å². The predicted octanol–water partition coefficient (Wildman–Crippen LogP) is 4.90. The number of hydrogen-bond acceptors (Lipinski definition) is 3. The second kappa shape index (κ2) is 8.78. The molecule has 0 bridgehead atoms. The highest BCUT2D eigenvalue weighted by atomic mass is 19.1. The van der Waals surface area contributed by atoms with Crippen LogP contribution in [-0.4, -0.2) is 41.0 Å². The first-order valence-corrected chi connectivity index (χ1v) is 11.7. The first-order valence-electron chi connectivity index (χ1n) is 11.7. The number of hydrogen-bond donors (Lipinski definition) is 2. The van der Waals surface area contributed by atoms with Crippen molar-refractivity contribution < 1.29 is 18.3 Å². The minimum Gasteiger partial charge on any atom is -0.489 e. The molecule has 1 aliphatic heterocycles. The van der Waals surface area contributed by atoms with Crippen molar-refractivity contribution in [3.8, 4) is 5.75 Å². The number of carbonyl (C=O) groups excluding carboxylic acids is 1. The third-order valence-electron chi connectivity index (χ3n) is 7.38. The summed E-state index contributed by atoms with van der Waals surface area (Å²) in [6.45, 7) is 3.40. The highest BCUT2D eigenvalue weighted by molar-refractivity contribution is 5.95. The molecule has 5 nitrogen and oxygen atoms in total. The van der Waals surface area contributed by atoms with Gasteiger partial charge in [-0.05, 0) is 74.0 Å². The van der Waals surface area contributed by atoms with Crippen LogP contribution < -0.4 is 10.5 Å². The van der Waals surface area contributed by atoms with Gasteiger partial charge in [0, 0.05) is 40.3 Å². The van der Waals surface area contributed by atoms with Gasteiger partial charge >= 0.3 is 0 Å². The molecular weight excluding hydrogens is 424 g/mol. The van der Waals surface area contributed by atoms with E-state index in [-0.39, 0.29) is 23.5 Å². The number of nitrogens with one attached hydrogen (secondary N) is 1. The second-order valence-corrected chi connectivity index (χ2v) is 9.38. The largest absolute Gasteiger partial charge is 0.489 e. The fourth-order valence-corrected chi connectivity index (χ4v) is 5.28. The summed E-state index contributed by atoms with van der Waals surface area (Å²) in [5.74, 6) is -0.860. The van der Waals surface area contributed by atoms with Crippen LogP contribution in [0.4, 0.5) is 8.78 Å². The van der Waals surface area contributed by atoms with Crippen molar-refractivity contribution in [3.05, 3.63) is 64.9 Å². The standard InChI is InChI=1S/C26H29F2N3O2/c1-15(22-13-30-24-8-5-16(27)11-20(22)24)9-10-31(17-3-2-4-17)18-12-21-19(26(29)32)6-7-23(28)25(21)33-14-18/h5-8,11,13,15,17-18,30H,2-4,9-10,12,14H2,1H3,(H2,29,32)/t15?,18-/m0/s1. The highest BCUT2D eigenvalue weighted by Gasteiger charge is 2.35. The number of ether oxygens (including phenoxy) is 1. The summed E-state index contributed by atoms with van der Waals surface area (Å²) in [5.41, 5.74) is 8.51. The summed E-state index contributed by atoms with van der Waals surface area (Å²) in [7, 11) is 0. The van der Waals surface area contributed by atoms with Crippen molar-refractivity contribution >= 4 is 16.8 Å². The molecule has 0 radical (unpaired) electrons. The van der Waals surface area contributed by atoms with Crippen molar-refractivity contribution in [2.24, 2.45) is 5.73 Å². The van der Waals surface area contributed by atoms with E-state index in [2.05, 4.69) is 16.8 Å². The van der Waals surface area contributed by atoms with Crippen LogP contribution in [0.25, 0.3) is 10.9 Å². The molecule has 0 spiro atoms. The average molecular weight is 454 g/mol. The van der Waals surface area contributed by atoms with Crippen LogP contribution in [0.3, 0.4) is 0 Å². The Bertz CT molecular complexity index is 1190. The summed E-state index contributed by atoms with van der Waals surface area (Å²) in [6.07, 6.45) is 6.86. The van der Waals surface area contributed by atoms with Crippen molar-refractivity contribution in [1.82, 2.24) is 9.88 Å². The zero-order valence-corrected chi connectivity index (χ0v) is 18.7. The van der Waals surface area contributed by atoms with E-state index >= 15 is 0 Å². The molecule has 5 rings (SSSR count). The van der Waals surface area contributed by atoms with Crippen LogP contribution in [0.15, 0.2) is 36.5 Å². The van der Waals surface area contributed by atoms with E-state index in [1.807, 2.05) is 6.20 Å². The smallest absolute Gasteiger partial charge is 0.249 e. The Kier molecular flexibility index (Phi) is 5.83. The van der Waals surface area contributed by atoms with Crippen LogP contribution in [0.5, 0.6) is 5.75 Å². The van der Waals surface area contributed by atoms with E-state index in [0.29, 0.717) is 30.2 Å². The van der Waals surface area contributed by atoms with Gasteiger partial charge in [0.15, 0.2) is 11.6 Å². The SMILES string of the molecule is CC(CCN(C1CCC1)[C@@H]1COc2c(F)ccc(C(N)=O)c2C1)c1c[nH]c2ccc(F)cc12. The molecule has 1 unspecified atom stereocenters. The molecule has 2 aromatic carbocycles. The lowest BCUT2D eigenvalue weighted by molar-refractivity contribution is 0.0409. The number of aromatic nitrogens is 1. The van der Waals surface area contributed by atoms with Crippen LogP contribution in [0, 0.1) is 11.6 Å². The first-order chi connectivity index (χ1) is 15.9. The Morgan fingerprint density at radius 2 is 2.06 bits per heavy atom. The van der Waals surface area contributed by atoms with Gasteiger partial charge in [0.25, 0.3) is 0 Å². The molecule has 1 aromatic heterocycles. The van der Waals surface area contributed by atoms with E-state index in [4.69, 9.17) is 10.5 Å². The van der Waals surface area contributed by atoms with Gasteiger partial charge in [-0.15, -0.1) is 0 Å². The van der Waals surface area contributed by atoms with Crippen molar-refractivity contribution in [2.75, 3.05) is 13.2 Å². The Morgan fingerprint density at radius 3 is 2.79 bits per heavy atom. The molecule has 2 aliphatic rings. The minimum absolute atomic E-state index is 0.0512. The maximum Gasteiger partial charge on any atom is 0.249 e. The number of H-pyrrole nitrogens is 1. The molecule has 1 aliphatic carbocycles. The lowest BCUT2D eigenvalue weighted by Crippen LogP contribution is -2.52. The molecule has 2 atom stereocenters. The summed E-state index contributed by atoms with van der Waals surface area (Å²) < 4.78 is 34.0. The topological polar surface area (TPSA) is 71.3 Å². The van der Waals surface area contributed by atoms with Crippen molar-refractivity contribution in [1.29, 1.82) is 0 Å². The normalized spacial score (nSPS) is 19.2. The molecular formula is C26H29F2N3O2. The molecule has 1 saturated carbocycles. The maximum absolute atomic E-state index is 14.3. The number of nitrogens with two attached hydrogens (primary N) is 1. The van der Waals surface area contributed by atoms with Gasteiger partial charge in [-0.2, -0.15) is 0 Å². The summed E-state index contributed by atoms with van der Waals surface area (Å²) >= 11 is 0. The number of nitrogens with zero attached hydrogens (tertiary/aromatic N) is 1. The monoisotopic (exact) mass is 453 g/mol. The second-order valence-electron chi connectivity index (χ2n) is 9.38. The van der Waals surface area contributed by atoms with Crippen molar-refractivity contribution in [2.45, 2.75) is 57.0 Å². The highest BCUT2D eigenvalue weighted by Crippen LogP contribution is 2.36. The van der Waals surface area contributed by atoms with Crippen molar-refractivity contribution in [3.63, 3.8) is 0 Å². The van der Waals surface area contributed by atoms with Gasteiger partial charge in [-0.1, -0.05) is 13.3 Å². The molecule has 0 saturated heterocycles. The van der Waals surface area contributed by atoms with Crippen LogP contribution >= 0.6 is 0 Å². The molecule has 2 heterocycles. The zero-order valence-electron chi connectivity index (χ0n) is 18.7. The van der Waals surface area contributed by atoms with E-state index in [9.17, 15) is 13.6 Å². The van der Waals surface area contributed by atoms with Crippen LogP contribution in [0.2, 0.25) is 0 Å². The van der Waals surface area contributed by atoms with Crippen LogP contribution in [0.1, 0.15) is 60.0 Å². The molecule has 3 aromatic rings. The number of amides is 1. The third kappa shape index (κ3) is 4.10. The number of carbonyl (C=O) groups is 1. The third-order valence-corrected chi connectivity index (χ3v) is 7.38. The number of aromatic amines is 1. The number of fused-ring (bicyclic) bond motifs is 2. The van der Waals surface area contributed by atoms with Gasteiger partial charge < -0.3 is 15.5 Å². The van der Waals surface area contributed by atoms with E-state index in [0.717, 1.165) is 42.3 Å². The minimum atomic E-state index is -0.564. The Morgan fingerprint density at radius 1 is 1.24 bits per heavy atom. The fraction of sp³-hybridized carbons (Fsp3) is 0.423. The number of rotatable bonds is 7. The van der Waals surface area contributed by atoms with Gasteiger partial charge in [0.2, 0.25) is 5.91 Å². The predicted molar refractivity (Wildman–Crippen MR) is 124 cm³/mol. The van der Waals surface area contributed by atoms with E-state index in [1.165, 1.54) is 24.6 Å². The summed E-state index contributed by atoms with van der Waals surface area (Å²) in [5, 5.41) is 0.925. The summed E-state index contributed by atoms with van der Waals surface area (Å²) in [4.78, 5) is 17.7. The number of primary amides is 1. The van der Waals surface area contributed by atoms with Gasteiger partial charge in [0.1, 0.15) is 12.4 Å². The molecule has 174 valence electrons. The lowest BCUT2D eigenvalue weighted by atomic mass is 9.87. The quantitative estimate of drug-likeness (QED) is 0.535. The van der Waals surface area contributed by atoms with Gasteiger partial charge in [-0.25, -0.2) is 8.78 Å². The maximum atomic E-state index is 14.3. The lowest BCUT2D eigenvalue weighted by Gasteiger charge is -2.44. The molecule has 3 N–H and O–H groups in total. The molecule has 33 heavy (non-hydrogen) atoms. The van der Waals surface area contributed by atoms with Crippen LogP contribution in [-0.2, 0) is 6.42 Å². The van der Waals surface area contributed by atoms with Gasteiger partial charge in [0.05, 0.1) is 0 Å². The molecule has 1 amide bonds. The Balaban J connectivity index is 1.35. The molecule has 1 fully saturated rings. The zero-order chi connectivity index (χ0) is 23.1. The summed E-state index contributed by atoms with van der Waals surface area (Å²) in [6, 6.07) is 8.04. The van der Waals surface area contributed by atoms with Gasteiger partial charge in [-0.3, -0.25) is 9.69 Å². The Labute approximate surface area is 191 Å². The number of halogens is 2. The first kappa shape index (κ1) is 21.9. The Hall–Kier alpha value is -2.93. The molecule has 7 heteroatoms. The fourth-order valence-electron chi connectivity index (χ4n) is 5.28. The average Bonchev–Trinajstić information content (AvgIpc) is 3.18. The number of benzene rings is 2. The van der Waals surface area contributed by atoms with E-state index < -0.39 is 11.7 Å².